The predicted molar refractivity (Wildman–Crippen MR) is 88.0 cm³/mol. The minimum absolute atomic E-state index is 0.263. The lowest BCUT2D eigenvalue weighted by molar-refractivity contribution is 0.0202. The average molecular weight is 318 g/mol. The Bertz CT molecular complexity index is 302. The third kappa shape index (κ3) is 8.53. The van der Waals surface area contributed by atoms with Gasteiger partial charge in [0.05, 0.1) is 6.61 Å². The van der Waals surface area contributed by atoms with Gasteiger partial charge >= 0.3 is 6.09 Å². The molecule has 0 saturated carbocycles. The third-order valence-electron chi connectivity index (χ3n) is 3.25. The second kappa shape index (κ2) is 9.54. The van der Waals surface area contributed by atoms with Crippen molar-refractivity contribution in [2.24, 2.45) is 0 Å². The van der Waals surface area contributed by atoms with E-state index < -0.39 is 5.60 Å². The first-order valence-electron chi connectivity index (χ1n) is 7.70. The van der Waals surface area contributed by atoms with Gasteiger partial charge in [0.25, 0.3) is 0 Å². The van der Waals surface area contributed by atoms with Crippen molar-refractivity contribution in [3.8, 4) is 0 Å². The Kier molecular flexibility index (Phi) is 8.44. The van der Waals surface area contributed by atoms with E-state index in [0.29, 0.717) is 25.7 Å². The first-order chi connectivity index (χ1) is 9.92. The topological polar surface area (TPSA) is 50.8 Å². The summed E-state index contributed by atoms with van der Waals surface area (Å²) in [7, 11) is 1.64. The molecule has 0 aromatic rings. The highest BCUT2D eigenvalue weighted by Gasteiger charge is 2.22. The van der Waals surface area contributed by atoms with Crippen molar-refractivity contribution in [2.75, 3.05) is 44.9 Å². The molecule has 5 nitrogen and oxygen atoms in total. The number of carbonyl (C=O) groups excluding carboxylic acids is 1. The predicted octanol–water partition coefficient (Wildman–Crippen LogP) is 2.36. The van der Waals surface area contributed by atoms with E-state index in [9.17, 15) is 4.79 Å². The number of amides is 1. The zero-order valence-electron chi connectivity index (χ0n) is 13.8. The second-order valence-corrected chi connectivity index (χ2v) is 7.53. The summed E-state index contributed by atoms with van der Waals surface area (Å²) in [5.74, 6) is 2.47. The normalized spacial score (nSPS) is 16.8. The van der Waals surface area contributed by atoms with Crippen LogP contribution in [-0.2, 0) is 9.47 Å². The molecule has 1 fully saturated rings. The summed E-state index contributed by atoms with van der Waals surface area (Å²) in [5.41, 5.74) is -0.462. The molecule has 124 valence electrons. The number of nitrogens with zero attached hydrogens (tertiary/aromatic N) is 1. The van der Waals surface area contributed by atoms with Crippen LogP contribution in [0.4, 0.5) is 4.79 Å². The molecule has 6 heteroatoms. The van der Waals surface area contributed by atoms with Gasteiger partial charge in [0, 0.05) is 32.8 Å². The van der Waals surface area contributed by atoms with Crippen molar-refractivity contribution < 1.29 is 14.3 Å². The number of ether oxygens (including phenoxy) is 2. The minimum Gasteiger partial charge on any atom is -0.444 e. The third-order valence-corrected chi connectivity index (χ3v) is 4.30. The van der Waals surface area contributed by atoms with E-state index in [4.69, 9.17) is 9.47 Å². The van der Waals surface area contributed by atoms with Crippen molar-refractivity contribution >= 4 is 17.9 Å². The van der Waals surface area contributed by atoms with Crippen molar-refractivity contribution in [1.82, 2.24) is 10.2 Å². The summed E-state index contributed by atoms with van der Waals surface area (Å²) >= 11 is 2.02. The van der Waals surface area contributed by atoms with Gasteiger partial charge in [-0.25, -0.2) is 4.79 Å². The number of thioether (sulfide) groups is 1. The number of nitrogens with one attached hydrogen (secondary N) is 1. The number of hydrogen-bond acceptors (Lipinski definition) is 5. The highest BCUT2D eigenvalue weighted by Crippen LogP contribution is 2.16. The van der Waals surface area contributed by atoms with Crippen LogP contribution in [0.5, 0.6) is 0 Å². The van der Waals surface area contributed by atoms with Gasteiger partial charge in [-0.05, 0) is 45.1 Å². The van der Waals surface area contributed by atoms with E-state index in [-0.39, 0.29) is 6.09 Å². The molecule has 1 aliphatic heterocycles. The molecule has 0 radical (unpaired) electrons. The molecule has 0 aromatic carbocycles. The van der Waals surface area contributed by atoms with Crippen LogP contribution in [-0.4, -0.2) is 67.5 Å². The molecule has 1 amide bonds. The first-order valence-corrected chi connectivity index (χ1v) is 8.86. The molecule has 1 saturated heterocycles. The van der Waals surface area contributed by atoms with Gasteiger partial charge < -0.3 is 19.7 Å². The quantitative estimate of drug-likeness (QED) is 0.781. The van der Waals surface area contributed by atoms with Crippen LogP contribution in [0.3, 0.4) is 0 Å². The van der Waals surface area contributed by atoms with E-state index >= 15 is 0 Å². The van der Waals surface area contributed by atoms with Gasteiger partial charge in [0.2, 0.25) is 0 Å². The van der Waals surface area contributed by atoms with Crippen molar-refractivity contribution in [3.63, 3.8) is 0 Å². The molecule has 0 unspecified atom stereocenters. The summed E-state index contributed by atoms with van der Waals surface area (Å²) in [6.45, 7) is 8.21. The van der Waals surface area contributed by atoms with Crippen LogP contribution in [0.15, 0.2) is 0 Å². The fourth-order valence-corrected chi connectivity index (χ4v) is 3.23. The van der Waals surface area contributed by atoms with Crippen LogP contribution < -0.4 is 5.32 Å². The maximum atomic E-state index is 12.2. The van der Waals surface area contributed by atoms with Gasteiger partial charge in [-0.2, -0.15) is 11.8 Å². The summed E-state index contributed by atoms with van der Waals surface area (Å²) in [4.78, 5) is 13.9. The summed E-state index contributed by atoms with van der Waals surface area (Å²) in [6, 6.07) is 0.592. The van der Waals surface area contributed by atoms with E-state index in [1.54, 1.807) is 12.0 Å². The molecule has 0 aliphatic carbocycles. The molecule has 1 N–H and O–H groups in total. The van der Waals surface area contributed by atoms with Crippen LogP contribution >= 0.6 is 11.8 Å². The second-order valence-electron chi connectivity index (χ2n) is 6.30. The van der Waals surface area contributed by atoms with Crippen LogP contribution in [0, 0.1) is 0 Å². The van der Waals surface area contributed by atoms with Gasteiger partial charge in [0.1, 0.15) is 5.60 Å². The van der Waals surface area contributed by atoms with Crippen LogP contribution in [0.2, 0.25) is 0 Å². The Labute approximate surface area is 133 Å². The van der Waals surface area contributed by atoms with Crippen molar-refractivity contribution in [3.05, 3.63) is 0 Å². The summed E-state index contributed by atoms with van der Waals surface area (Å²) in [5, 5.41) is 3.54. The van der Waals surface area contributed by atoms with E-state index in [1.807, 2.05) is 32.5 Å². The molecule has 0 atom stereocenters. The highest BCUT2D eigenvalue weighted by molar-refractivity contribution is 7.99. The smallest absolute Gasteiger partial charge is 0.410 e. The Morgan fingerprint density at radius 2 is 1.95 bits per heavy atom. The van der Waals surface area contributed by atoms with Crippen LogP contribution in [0.25, 0.3) is 0 Å². The maximum absolute atomic E-state index is 12.2. The fraction of sp³-hybridized carbons (Fsp3) is 0.933. The molecule has 0 spiro atoms. The Morgan fingerprint density at radius 3 is 2.52 bits per heavy atom. The lowest BCUT2D eigenvalue weighted by atomic mass is 10.1. The Morgan fingerprint density at radius 1 is 1.29 bits per heavy atom. The van der Waals surface area contributed by atoms with Gasteiger partial charge in [-0.1, -0.05) is 0 Å². The Hall–Kier alpha value is -0.460. The molecule has 1 aliphatic rings. The largest absolute Gasteiger partial charge is 0.444 e. The molecule has 21 heavy (non-hydrogen) atoms. The highest BCUT2D eigenvalue weighted by atomic mass is 32.2. The van der Waals surface area contributed by atoms with E-state index in [2.05, 4.69) is 5.32 Å². The minimum atomic E-state index is -0.462. The van der Waals surface area contributed by atoms with Crippen LogP contribution in [0.1, 0.15) is 33.6 Å². The molecular formula is C15H30N2O3S. The molecule has 1 rings (SSSR count). The maximum Gasteiger partial charge on any atom is 0.410 e. The standard InChI is InChI=1S/C15H30N2O3S/c1-15(2,3)20-14(18)17(9-10-19-4)8-7-16-13-5-11-21-12-6-13/h13,16H,5-12H2,1-4H3. The average Bonchev–Trinajstić information content (AvgIpc) is 2.41. The van der Waals surface area contributed by atoms with Gasteiger partial charge in [-0.15, -0.1) is 0 Å². The number of hydrogen-bond donors (Lipinski definition) is 1. The SMILES string of the molecule is COCCN(CCNC1CCSCC1)C(=O)OC(C)(C)C. The zero-order chi connectivity index (χ0) is 15.7. The molecule has 0 aromatic heterocycles. The lowest BCUT2D eigenvalue weighted by Crippen LogP contribution is -2.44. The van der Waals surface area contributed by atoms with Gasteiger partial charge in [-0.3, -0.25) is 0 Å². The van der Waals surface area contributed by atoms with E-state index in [1.165, 1.54) is 24.3 Å². The van der Waals surface area contributed by atoms with E-state index in [0.717, 1.165) is 6.54 Å². The summed E-state index contributed by atoms with van der Waals surface area (Å²) < 4.78 is 10.5. The van der Waals surface area contributed by atoms with Crippen molar-refractivity contribution in [2.45, 2.75) is 45.3 Å². The monoisotopic (exact) mass is 318 g/mol. The number of carbonyl (C=O) groups is 1. The molecule has 1 heterocycles. The molecule has 0 bridgehead atoms. The number of rotatable bonds is 7. The fourth-order valence-electron chi connectivity index (χ4n) is 2.13. The lowest BCUT2D eigenvalue weighted by Gasteiger charge is -2.28. The Balaban J connectivity index is 2.35. The first kappa shape index (κ1) is 18.6. The molecular weight excluding hydrogens is 288 g/mol. The van der Waals surface area contributed by atoms with Gasteiger partial charge in [0.15, 0.2) is 0 Å². The summed E-state index contributed by atoms with van der Waals surface area (Å²) in [6.07, 6.45) is 2.17. The van der Waals surface area contributed by atoms with Crippen molar-refractivity contribution in [1.29, 1.82) is 0 Å². The number of methoxy groups -OCH3 is 1. The zero-order valence-corrected chi connectivity index (χ0v) is 14.6.